The molecule has 0 spiro atoms. The lowest BCUT2D eigenvalue weighted by atomic mass is 9.99. The fourth-order valence-electron chi connectivity index (χ4n) is 3.99. The van der Waals surface area contributed by atoms with E-state index in [-0.39, 0.29) is 18.6 Å². The highest BCUT2D eigenvalue weighted by atomic mass is 35.5. The highest BCUT2D eigenvalue weighted by Crippen LogP contribution is 2.38. The summed E-state index contributed by atoms with van der Waals surface area (Å²) in [5.74, 6) is -0.217. The van der Waals surface area contributed by atoms with Crippen LogP contribution < -0.4 is 10.2 Å². The zero-order chi connectivity index (χ0) is 21.1. The van der Waals surface area contributed by atoms with E-state index in [9.17, 15) is 15.0 Å². The largest absolute Gasteiger partial charge is 0.394 e. The summed E-state index contributed by atoms with van der Waals surface area (Å²) < 4.78 is 0. The number of rotatable bonds is 6. The molecular formula is C24H23ClN2O3. The third-order valence-electron chi connectivity index (χ3n) is 5.38. The minimum absolute atomic E-state index is 0.217. The number of anilines is 2. The van der Waals surface area contributed by atoms with E-state index in [0.29, 0.717) is 16.3 Å². The number of hydrogen-bond donors (Lipinski definition) is 3. The van der Waals surface area contributed by atoms with Gasteiger partial charge in [0, 0.05) is 28.5 Å². The maximum Gasteiger partial charge on any atom is 0.255 e. The second kappa shape index (κ2) is 8.88. The molecule has 2 atom stereocenters. The molecule has 6 heteroatoms. The van der Waals surface area contributed by atoms with Gasteiger partial charge in [-0.2, -0.15) is 0 Å². The molecule has 2 unspecified atom stereocenters. The van der Waals surface area contributed by atoms with E-state index in [1.807, 2.05) is 48.5 Å². The monoisotopic (exact) mass is 422 g/mol. The maximum absolute atomic E-state index is 12.5. The molecule has 3 N–H and O–H groups in total. The zero-order valence-corrected chi connectivity index (χ0v) is 17.1. The van der Waals surface area contributed by atoms with Crippen LogP contribution in [0.1, 0.15) is 27.5 Å². The van der Waals surface area contributed by atoms with Crippen molar-refractivity contribution in [3.63, 3.8) is 0 Å². The lowest BCUT2D eigenvalue weighted by molar-refractivity contribution is 0.0717. The van der Waals surface area contributed by atoms with Crippen LogP contribution in [0.5, 0.6) is 0 Å². The van der Waals surface area contributed by atoms with Gasteiger partial charge in [0.05, 0.1) is 12.6 Å². The van der Waals surface area contributed by atoms with E-state index in [2.05, 4.69) is 10.2 Å². The molecule has 0 aromatic heterocycles. The molecule has 0 aliphatic carbocycles. The molecule has 0 saturated heterocycles. The molecule has 154 valence electrons. The van der Waals surface area contributed by atoms with Gasteiger partial charge in [-0.05, 0) is 53.9 Å². The van der Waals surface area contributed by atoms with Crippen LogP contribution in [0.25, 0.3) is 0 Å². The standard InChI is InChI=1S/C24H23ClN2O3/c25-19-8-4-7-18(13-19)24(30)26-20-9-10-21-17(14-20)11-12-27(21)23(22(29)15-28)16-5-2-1-3-6-16/h1-10,13-14,22-23,28-29H,11-12,15H2,(H,26,30). The van der Waals surface area contributed by atoms with Crippen molar-refractivity contribution in [2.45, 2.75) is 18.6 Å². The fraction of sp³-hybridized carbons (Fsp3) is 0.208. The van der Waals surface area contributed by atoms with Crippen LogP contribution in [0.2, 0.25) is 5.02 Å². The van der Waals surface area contributed by atoms with E-state index in [0.717, 1.165) is 29.8 Å². The van der Waals surface area contributed by atoms with Crippen LogP contribution in [-0.4, -0.2) is 35.4 Å². The van der Waals surface area contributed by atoms with Crippen LogP contribution >= 0.6 is 11.6 Å². The first-order valence-corrected chi connectivity index (χ1v) is 10.2. The number of hydrogen-bond acceptors (Lipinski definition) is 4. The molecule has 1 aliphatic heterocycles. The summed E-state index contributed by atoms with van der Waals surface area (Å²) in [4.78, 5) is 14.6. The first-order chi connectivity index (χ1) is 14.6. The number of aliphatic hydroxyl groups is 2. The average molecular weight is 423 g/mol. The van der Waals surface area contributed by atoms with Crippen molar-refractivity contribution in [3.8, 4) is 0 Å². The normalized spacial score (nSPS) is 14.8. The van der Waals surface area contributed by atoms with E-state index >= 15 is 0 Å². The first-order valence-electron chi connectivity index (χ1n) is 9.87. The summed E-state index contributed by atoms with van der Waals surface area (Å²) in [6.07, 6.45) is -0.113. The number of aliphatic hydroxyl groups excluding tert-OH is 2. The molecule has 1 amide bonds. The van der Waals surface area contributed by atoms with Gasteiger partial charge in [-0.15, -0.1) is 0 Å². The second-order valence-electron chi connectivity index (χ2n) is 7.36. The minimum atomic E-state index is -0.902. The Morgan fingerprint density at radius 3 is 2.60 bits per heavy atom. The van der Waals surface area contributed by atoms with Crippen molar-refractivity contribution in [2.24, 2.45) is 0 Å². The number of carbonyl (C=O) groups excluding carboxylic acids is 1. The summed E-state index contributed by atoms with van der Waals surface area (Å²) in [6, 6.07) is 22.0. The van der Waals surface area contributed by atoms with Crippen LogP contribution in [0.3, 0.4) is 0 Å². The predicted molar refractivity (Wildman–Crippen MR) is 119 cm³/mol. The SMILES string of the molecule is O=C(Nc1ccc2c(c1)CCN2C(c1ccccc1)C(O)CO)c1cccc(Cl)c1. The van der Waals surface area contributed by atoms with Crippen molar-refractivity contribution in [2.75, 3.05) is 23.4 Å². The molecule has 30 heavy (non-hydrogen) atoms. The van der Waals surface area contributed by atoms with Crippen molar-refractivity contribution < 1.29 is 15.0 Å². The number of benzene rings is 3. The van der Waals surface area contributed by atoms with Gasteiger partial charge >= 0.3 is 0 Å². The van der Waals surface area contributed by atoms with E-state index in [1.54, 1.807) is 24.3 Å². The number of nitrogens with one attached hydrogen (secondary N) is 1. The Labute approximate surface area is 180 Å². The van der Waals surface area contributed by atoms with E-state index < -0.39 is 6.10 Å². The highest BCUT2D eigenvalue weighted by molar-refractivity contribution is 6.31. The molecule has 4 rings (SSSR count). The lowest BCUT2D eigenvalue weighted by Gasteiger charge is -2.33. The Bertz CT molecular complexity index is 1040. The van der Waals surface area contributed by atoms with E-state index in [1.165, 1.54) is 0 Å². The second-order valence-corrected chi connectivity index (χ2v) is 7.79. The summed E-state index contributed by atoms with van der Waals surface area (Å²) in [7, 11) is 0. The number of carbonyl (C=O) groups is 1. The summed E-state index contributed by atoms with van der Waals surface area (Å²) >= 11 is 5.98. The third kappa shape index (κ3) is 4.19. The van der Waals surface area contributed by atoms with Crippen molar-refractivity contribution >= 4 is 28.9 Å². The topological polar surface area (TPSA) is 72.8 Å². The minimum Gasteiger partial charge on any atom is -0.394 e. The third-order valence-corrected chi connectivity index (χ3v) is 5.62. The average Bonchev–Trinajstić information content (AvgIpc) is 3.17. The number of amides is 1. The van der Waals surface area contributed by atoms with Gasteiger partial charge in [-0.1, -0.05) is 48.0 Å². The van der Waals surface area contributed by atoms with Gasteiger partial charge in [-0.25, -0.2) is 0 Å². The molecule has 3 aromatic carbocycles. The summed E-state index contributed by atoms with van der Waals surface area (Å²) in [5, 5.41) is 23.6. The van der Waals surface area contributed by atoms with Gasteiger partial charge in [0.1, 0.15) is 6.10 Å². The number of nitrogens with zero attached hydrogens (tertiary/aromatic N) is 1. The predicted octanol–water partition coefficient (Wildman–Crippen LogP) is 4.05. The molecule has 0 bridgehead atoms. The molecule has 3 aromatic rings. The first kappa shape index (κ1) is 20.4. The van der Waals surface area contributed by atoms with Crippen molar-refractivity contribution in [1.29, 1.82) is 0 Å². The zero-order valence-electron chi connectivity index (χ0n) is 16.3. The van der Waals surface area contributed by atoms with Crippen LogP contribution in [0.4, 0.5) is 11.4 Å². The Morgan fingerprint density at radius 1 is 1.07 bits per heavy atom. The van der Waals surface area contributed by atoms with Gasteiger partial charge in [0.25, 0.3) is 5.91 Å². The van der Waals surface area contributed by atoms with Crippen molar-refractivity contribution in [1.82, 2.24) is 0 Å². The molecule has 1 aliphatic rings. The van der Waals surface area contributed by atoms with Gasteiger partial charge < -0.3 is 20.4 Å². The molecule has 0 fully saturated rings. The van der Waals surface area contributed by atoms with Crippen molar-refractivity contribution in [3.05, 3.63) is 94.5 Å². The molecular weight excluding hydrogens is 400 g/mol. The summed E-state index contributed by atoms with van der Waals surface area (Å²) in [5.41, 5.74) is 4.24. The molecule has 0 radical (unpaired) electrons. The number of fused-ring (bicyclic) bond motifs is 1. The van der Waals surface area contributed by atoms with Gasteiger partial charge in [0.2, 0.25) is 0 Å². The fourth-order valence-corrected chi connectivity index (χ4v) is 4.18. The molecule has 0 saturated carbocycles. The Kier molecular flexibility index (Phi) is 6.04. The smallest absolute Gasteiger partial charge is 0.255 e. The quantitative estimate of drug-likeness (QED) is 0.560. The molecule has 1 heterocycles. The maximum atomic E-state index is 12.5. The Balaban J connectivity index is 1.58. The Hall–Kier alpha value is -2.86. The number of halogens is 1. The summed E-state index contributed by atoms with van der Waals surface area (Å²) in [6.45, 7) is 0.400. The van der Waals surface area contributed by atoms with Crippen LogP contribution in [0.15, 0.2) is 72.8 Å². The highest BCUT2D eigenvalue weighted by Gasteiger charge is 2.32. The van der Waals surface area contributed by atoms with Gasteiger partial charge in [0.15, 0.2) is 0 Å². The van der Waals surface area contributed by atoms with Gasteiger partial charge in [-0.3, -0.25) is 4.79 Å². The van der Waals surface area contributed by atoms with E-state index in [4.69, 9.17) is 11.6 Å². The van der Waals surface area contributed by atoms with Crippen LogP contribution in [-0.2, 0) is 6.42 Å². The lowest BCUT2D eigenvalue weighted by Crippen LogP contribution is -2.37. The van der Waals surface area contributed by atoms with Crippen LogP contribution in [0, 0.1) is 0 Å². The molecule has 5 nitrogen and oxygen atoms in total. The Morgan fingerprint density at radius 2 is 1.87 bits per heavy atom.